The number of carboxylic acids is 1. The van der Waals surface area contributed by atoms with E-state index in [-0.39, 0.29) is 0 Å². The molecule has 0 aromatic heterocycles. The molecular weight excluding hydrogens is 240 g/mol. The summed E-state index contributed by atoms with van der Waals surface area (Å²) in [6.45, 7) is 0. The fraction of sp³-hybridized carbons (Fsp3) is 0.438. The lowest BCUT2D eigenvalue weighted by Crippen LogP contribution is -2.06. The second-order valence-corrected chi connectivity index (χ2v) is 5.00. The van der Waals surface area contributed by atoms with E-state index in [0.29, 0.717) is 5.92 Å². The number of carbonyl (C=O) groups is 1. The Hall–Kier alpha value is -1.77. The zero-order valence-electron chi connectivity index (χ0n) is 11.3. The molecule has 102 valence electrons. The Kier molecular flexibility index (Phi) is 4.61. The fourth-order valence-corrected chi connectivity index (χ4v) is 2.76. The number of benzene rings is 1. The van der Waals surface area contributed by atoms with Gasteiger partial charge in [0.15, 0.2) is 0 Å². The largest absolute Gasteiger partial charge is 0.497 e. The molecule has 1 aliphatic rings. The maximum Gasteiger partial charge on any atom is 0.328 e. The normalized spacial score (nSPS) is 16.7. The summed E-state index contributed by atoms with van der Waals surface area (Å²) in [5.74, 6) is 0.454. The lowest BCUT2D eigenvalue weighted by Gasteiger charge is -2.24. The third kappa shape index (κ3) is 3.60. The van der Waals surface area contributed by atoms with E-state index in [4.69, 9.17) is 9.84 Å². The number of rotatable bonds is 4. The van der Waals surface area contributed by atoms with Gasteiger partial charge >= 0.3 is 5.97 Å². The van der Waals surface area contributed by atoms with Crippen molar-refractivity contribution in [3.05, 3.63) is 35.4 Å². The molecule has 0 spiro atoms. The summed E-state index contributed by atoms with van der Waals surface area (Å²) in [7, 11) is 1.66. The minimum absolute atomic E-state index is 0.525. The van der Waals surface area contributed by atoms with Gasteiger partial charge in [0.25, 0.3) is 0 Å². The number of ether oxygens (including phenoxy) is 1. The van der Waals surface area contributed by atoms with Gasteiger partial charge < -0.3 is 9.84 Å². The van der Waals surface area contributed by atoms with Crippen LogP contribution < -0.4 is 4.74 Å². The lowest BCUT2D eigenvalue weighted by molar-refractivity contribution is -0.131. The van der Waals surface area contributed by atoms with Gasteiger partial charge in [-0.05, 0) is 48.1 Å². The molecule has 1 aliphatic carbocycles. The van der Waals surface area contributed by atoms with E-state index in [1.165, 1.54) is 43.7 Å². The molecule has 0 amide bonds. The van der Waals surface area contributed by atoms with Crippen LogP contribution in [0.1, 0.15) is 49.1 Å². The van der Waals surface area contributed by atoms with Gasteiger partial charge in [0.2, 0.25) is 0 Å². The molecule has 1 N–H and O–H groups in total. The molecule has 2 rings (SSSR count). The third-order valence-electron chi connectivity index (χ3n) is 3.74. The summed E-state index contributed by atoms with van der Waals surface area (Å²) in [6.07, 6.45) is 9.07. The molecule has 0 atom stereocenters. The van der Waals surface area contributed by atoms with Crippen molar-refractivity contribution >= 4 is 12.0 Å². The molecule has 0 radical (unpaired) electrons. The van der Waals surface area contributed by atoms with Gasteiger partial charge in [-0.1, -0.05) is 25.3 Å². The highest BCUT2D eigenvalue weighted by Gasteiger charge is 2.18. The molecule has 1 aromatic carbocycles. The van der Waals surface area contributed by atoms with Crippen molar-refractivity contribution in [2.45, 2.75) is 38.0 Å². The average Bonchev–Trinajstić information content (AvgIpc) is 2.46. The number of hydrogen-bond acceptors (Lipinski definition) is 2. The first-order chi connectivity index (χ1) is 9.20. The molecule has 1 aromatic rings. The molecule has 0 saturated heterocycles. The van der Waals surface area contributed by atoms with Gasteiger partial charge in [-0.15, -0.1) is 0 Å². The highest BCUT2D eigenvalue weighted by atomic mass is 16.5. The van der Waals surface area contributed by atoms with Crippen LogP contribution in [0.25, 0.3) is 6.08 Å². The first kappa shape index (κ1) is 13.7. The van der Waals surface area contributed by atoms with Crippen LogP contribution in [0.3, 0.4) is 0 Å². The van der Waals surface area contributed by atoms with E-state index in [1.807, 2.05) is 12.1 Å². The maximum atomic E-state index is 10.7. The number of carboxylic acid groups (broad SMARTS) is 1. The topological polar surface area (TPSA) is 46.5 Å². The van der Waals surface area contributed by atoms with Crippen LogP contribution in [0.2, 0.25) is 0 Å². The van der Waals surface area contributed by atoms with Crippen LogP contribution in [-0.2, 0) is 4.79 Å². The van der Waals surface area contributed by atoms with Gasteiger partial charge in [0.05, 0.1) is 7.11 Å². The van der Waals surface area contributed by atoms with Crippen molar-refractivity contribution in [3.63, 3.8) is 0 Å². The molecule has 3 heteroatoms. The summed E-state index contributed by atoms with van der Waals surface area (Å²) in [6, 6.07) is 5.88. The predicted molar refractivity (Wildman–Crippen MR) is 75.5 cm³/mol. The minimum Gasteiger partial charge on any atom is -0.497 e. The van der Waals surface area contributed by atoms with Crippen LogP contribution >= 0.6 is 0 Å². The number of methoxy groups -OCH3 is 1. The summed E-state index contributed by atoms with van der Waals surface area (Å²) < 4.78 is 5.29. The first-order valence-corrected chi connectivity index (χ1v) is 6.79. The van der Waals surface area contributed by atoms with Gasteiger partial charge in [0, 0.05) is 6.08 Å². The van der Waals surface area contributed by atoms with Gasteiger partial charge in [-0.2, -0.15) is 0 Å². The summed E-state index contributed by atoms with van der Waals surface area (Å²) >= 11 is 0. The van der Waals surface area contributed by atoms with Crippen molar-refractivity contribution in [1.82, 2.24) is 0 Å². The van der Waals surface area contributed by atoms with Crippen LogP contribution in [0.15, 0.2) is 24.3 Å². The molecule has 0 heterocycles. The van der Waals surface area contributed by atoms with Crippen LogP contribution in [0.4, 0.5) is 0 Å². The summed E-state index contributed by atoms with van der Waals surface area (Å²) in [5.41, 5.74) is 2.21. The summed E-state index contributed by atoms with van der Waals surface area (Å²) in [4.78, 5) is 10.7. The maximum absolute atomic E-state index is 10.7. The van der Waals surface area contributed by atoms with Crippen molar-refractivity contribution in [1.29, 1.82) is 0 Å². The first-order valence-electron chi connectivity index (χ1n) is 6.79. The Morgan fingerprint density at radius 2 is 2.05 bits per heavy atom. The Morgan fingerprint density at radius 1 is 1.32 bits per heavy atom. The number of hydrogen-bond donors (Lipinski definition) is 1. The van der Waals surface area contributed by atoms with E-state index < -0.39 is 5.97 Å². The Morgan fingerprint density at radius 3 is 2.68 bits per heavy atom. The second-order valence-electron chi connectivity index (χ2n) is 5.00. The molecule has 0 unspecified atom stereocenters. The van der Waals surface area contributed by atoms with Crippen molar-refractivity contribution in [3.8, 4) is 5.75 Å². The molecule has 0 bridgehead atoms. The van der Waals surface area contributed by atoms with Crippen molar-refractivity contribution < 1.29 is 14.6 Å². The van der Waals surface area contributed by atoms with E-state index in [9.17, 15) is 4.79 Å². The van der Waals surface area contributed by atoms with Gasteiger partial charge in [-0.3, -0.25) is 0 Å². The molecule has 19 heavy (non-hydrogen) atoms. The van der Waals surface area contributed by atoms with Gasteiger partial charge in [0.1, 0.15) is 5.75 Å². The van der Waals surface area contributed by atoms with Crippen LogP contribution in [0.5, 0.6) is 5.75 Å². The van der Waals surface area contributed by atoms with E-state index >= 15 is 0 Å². The quantitative estimate of drug-likeness (QED) is 0.837. The van der Waals surface area contributed by atoms with E-state index in [0.717, 1.165) is 11.3 Å². The Labute approximate surface area is 113 Å². The smallest absolute Gasteiger partial charge is 0.328 e. The minimum atomic E-state index is -0.912. The predicted octanol–water partition coefficient (Wildman–Crippen LogP) is 3.84. The lowest BCUT2D eigenvalue weighted by atomic mass is 9.82. The van der Waals surface area contributed by atoms with E-state index in [1.54, 1.807) is 13.2 Å². The number of aliphatic carboxylic acids is 1. The zero-order chi connectivity index (χ0) is 13.7. The SMILES string of the molecule is COc1ccc(/C=C/C(=O)O)c(C2CCCCC2)c1. The van der Waals surface area contributed by atoms with Crippen molar-refractivity contribution in [2.24, 2.45) is 0 Å². The Bertz CT molecular complexity index is 471. The molecule has 1 saturated carbocycles. The summed E-state index contributed by atoms with van der Waals surface area (Å²) in [5, 5.41) is 8.77. The monoisotopic (exact) mass is 260 g/mol. The van der Waals surface area contributed by atoms with Crippen LogP contribution in [0, 0.1) is 0 Å². The second kappa shape index (κ2) is 6.41. The highest BCUT2D eigenvalue weighted by molar-refractivity contribution is 5.85. The van der Waals surface area contributed by atoms with Crippen LogP contribution in [-0.4, -0.2) is 18.2 Å². The molecular formula is C16H20O3. The third-order valence-corrected chi connectivity index (χ3v) is 3.74. The molecule has 3 nitrogen and oxygen atoms in total. The zero-order valence-corrected chi connectivity index (χ0v) is 11.3. The molecule has 0 aliphatic heterocycles. The fourth-order valence-electron chi connectivity index (χ4n) is 2.76. The van der Waals surface area contributed by atoms with Crippen molar-refractivity contribution in [2.75, 3.05) is 7.11 Å². The molecule has 1 fully saturated rings. The van der Waals surface area contributed by atoms with Gasteiger partial charge in [-0.25, -0.2) is 4.79 Å². The Balaban J connectivity index is 2.32. The standard InChI is InChI=1S/C16H20O3/c1-19-14-9-7-13(8-10-16(17)18)15(11-14)12-5-3-2-4-6-12/h7-12H,2-6H2,1H3,(H,17,18)/b10-8+. The highest BCUT2D eigenvalue weighted by Crippen LogP contribution is 2.36. The van der Waals surface area contributed by atoms with E-state index in [2.05, 4.69) is 6.07 Å². The average molecular weight is 260 g/mol.